The lowest BCUT2D eigenvalue weighted by Gasteiger charge is -2.18. The zero-order valence-electron chi connectivity index (χ0n) is 13.3. The summed E-state index contributed by atoms with van der Waals surface area (Å²) in [5.41, 5.74) is 2.37. The van der Waals surface area contributed by atoms with Crippen LogP contribution in [0.2, 0.25) is 5.02 Å². The van der Waals surface area contributed by atoms with E-state index in [0.717, 1.165) is 23.8 Å². The van der Waals surface area contributed by atoms with Crippen molar-refractivity contribution in [3.63, 3.8) is 0 Å². The molecule has 0 radical (unpaired) electrons. The van der Waals surface area contributed by atoms with Gasteiger partial charge in [-0.25, -0.2) is 0 Å². The standard InChI is InChI=1S/C15H23ClN4S/c1-10-8-13(21-11(10)2)14(17-3)15-12(16)9-18-20(15)7-6-19(4)5/h8-9,14,17H,6-7H2,1-5H3. The van der Waals surface area contributed by atoms with Gasteiger partial charge in [-0.2, -0.15) is 5.10 Å². The summed E-state index contributed by atoms with van der Waals surface area (Å²) < 4.78 is 2.01. The van der Waals surface area contributed by atoms with Crippen LogP contribution in [-0.4, -0.2) is 42.4 Å². The van der Waals surface area contributed by atoms with Crippen LogP contribution in [0.3, 0.4) is 0 Å². The van der Waals surface area contributed by atoms with E-state index in [4.69, 9.17) is 11.6 Å². The predicted molar refractivity (Wildman–Crippen MR) is 90.5 cm³/mol. The van der Waals surface area contributed by atoms with Gasteiger partial charge in [0, 0.05) is 16.3 Å². The van der Waals surface area contributed by atoms with Crippen LogP contribution >= 0.6 is 22.9 Å². The van der Waals surface area contributed by atoms with Crippen LogP contribution in [0.1, 0.15) is 27.1 Å². The maximum atomic E-state index is 6.40. The third-order valence-corrected chi connectivity index (χ3v) is 5.13. The van der Waals surface area contributed by atoms with Crippen molar-refractivity contribution in [1.29, 1.82) is 0 Å². The molecule has 6 heteroatoms. The largest absolute Gasteiger partial charge is 0.308 e. The van der Waals surface area contributed by atoms with E-state index in [1.807, 2.05) is 23.1 Å². The van der Waals surface area contributed by atoms with Crippen molar-refractivity contribution in [2.45, 2.75) is 26.4 Å². The average molecular weight is 327 g/mol. The molecule has 1 atom stereocenters. The number of nitrogens with one attached hydrogen (secondary N) is 1. The minimum atomic E-state index is 0.0829. The Morgan fingerprint density at radius 3 is 2.67 bits per heavy atom. The molecule has 0 saturated carbocycles. The smallest absolute Gasteiger partial charge is 0.0854 e. The average Bonchev–Trinajstić information content (AvgIpc) is 2.94. The zero-order valence-corrected chi connectivity index (χ0v) is 14.8. The highest BCUT2D eigenvalue weighted by molar-refractivity contribution is 7.12. The lowest BCUT2D eigenvalue weighted by Crippen LogP contribution is -2.25. The molecule has 116 valence electrons. The number of hydrogen-bond acceptors (Lipinski definition) is 4. The second-order valence-electron chi connectivity index (χ2n) is 5.51. The third-order valence-electron chi connectivity index (χ3n) is 3.62. The summed E-state index contributed by atoms with van der Waals surface area (Å²) in [6.07, 6.45) is 1.74. The predicted octanol–water partition coefficient (Wildman–Crippen LogP) is 3.09. The van der Waals surface area contributed by atoms with Gasteiger partial charge in [-0.1, -0.05) is 11.6 Å². The van der Waals surface area contributed by atoms with Gasteiger partial charge in [0.2, 0.25) is 0 Å². The molecule has 2 aromatic heterocycles. The molecule has 1 N–H and O–H groups in total. The highest BCUT2D eigenvalue weighted by atomic mass is 35.5. The molecule has 0 spiro atoms. The second kappa shape index (κ2) is 6.92. The molecule has 2 heterocycles. The Morgan fingerprint density at radius 1 is 1.43 bits per heavy atom. The minimum absolute atomic E-state index is 0.0829. The number of nitrogens with zero attached hydrogens (tertiary/aromatic N) is 3. The summed E-state index contributed by atoms with van der Waals surface area (Å²) in [4.78, 5) is 4.77. The van der Waals surface area contributed by atoms with Gasteiger partial charge in [-0.15, -0.1) is 11.3 Å². The number of halogens is 1. The van der Waals surface area contributed by atoms with Crippen LogP contribution in [0.4, 0.5) is 0 Å². The third kappa shape index (κ3) is 3.66. The first-order valence-corrected chi connectivity index (χ1v) is 8.23. The van der Waals surface area contributed by atoms with E-state index in [0.29, 0.717) is 0 Å². The Balaban J connectivity index is 2.35. The quantitative estimate of drug-likeness (QED) is 0.885. The Bertz CT molecular complexity index is 583. The molecule has 2 rings (SSSR count). The SMILES string of the molecule is CNC(c1cc(C)c(C)s1)c1c(Cl)cnn1CCN(C)C. The van der Waals surface area contributed by atoms with Crippen molar-refractivity contribution in [3.05, 3.63) is 38.3 Å². The molecule has 2 aromatic rings. The first-order valence-electron chi connectivity index (χ1n) is 7.04. The monoisotopic (exact) mass is 326 g/mol. The molecular formula is C15H23ClN4S. The Hall–Kier alpha value is -0.880. The zero-order chi connectivity index (χ0) is 15.6. The van der Waals surface area contributed by atoms with E-state index in [-0.39, 0.29) is 6.04 Å². The van der Waals surface area contributed by atoms with Crippen LogP contribution in [0.5, 0.6) is 0 Å². The summed E-state index contributed by atoms with van der Waals surface area (Å²) in [6, 6.07) is 2.32. The molecule has 0 bridgehead atoms. The van der Waals surface area contributed by atoms with Crippen molar-refractivity contribution >= 4 is 22.9 Å². The number of rotatable bonds is 6. The van der Waals surface area contributed by atoms with Gasteiger partial charge in [-0.05, 0) is 46.6 Å². The fourth-order valence-electron chi connectivity index (χ4n) is 2.29. The summed E-state index contributed by atoms with van der Waals surface area (Å²) in [5.74, 6) is 0. The molecule has 0 aromatic carbocycles. The Kier molecular flexibility index (Phi) is 5.43. The molecule has 21 heavy (non-hydrogen) atoms. The van der Waals surface area contributed by atoms with E-state index in [2.05, 4.69) is 49.3 Å². The summed E-state index contributed by atoms with van der Waals surface area (Å²) in [5, 5.41) is 8.53. The van der Waals surface area contributed by atoms with Gasteiger partial charge < -0.3 is 10.2 Å². The lowest BCUT2D eigenvalue weighted by molar-refractivity contribution is 0.366. The van der Waals surface area contributed by atoms with Crippen LogP contribution < -0.4 is 5.32 Å². The van der Waals surface area contributed by atoms with Gasteiger partial charge in [-0.3, -0.25) is 4.68 Å². The number of aryl methyl sites for hydroxylation is 2. The molecule has 0 aliphatic heterocycles. The Morgan fingerprint density at radius 2 is 2.14 bits per heavy atom. The maximum Gasteiger partial charge on any atom is 0.0854 e. The second-order valence-corrected chi connectivity index (χ2v) is 7.21. The normalized spacial score (nSPS) is 13.1. The van der Waals surface area contributed by atoms with Gasteiger partial charge in [0.1, 0.15) is 0 Å². The lowest BCUT2D eigenvalue weighted by atomic mass is 10.1. The van der Waals surface area contributed by atoms with Gasteiger partial charge in [0.25, 0.3) is 0 Å². The summed E-state index contributed by atoms with van der Waals surface area (Å²) in [6.45, 7) is 6.06. The van der Waals surface area contributed by atoms with E-state index >= 15 is 0 Å². The van der Waals surface area contributed by atoms with E-state index in [9.17, 15) is 0 Å². The number of thiophene rings is 1. The molecule has 0 aliphatic carbocycles. The van der Waals surface area contributed by atoms with Gasteiger partial charge in [0.05, 0.1) is 29.5 Å². The number of hydrogen-bond donors (Lipinski definition) is 1. The highest BCUT2D eigenvalue weighted by Crippen LogP contribution is 2.33. The fourth-order valence-corrected chi connectivity index (χ4v) is 3.70. The van der Waals surface area contributed by atoms with Crippen molar-refractivity contribution in [2.24, 2.45) is 0 Å². The van der Waals surface area contributed by atoms with E-state index < -0.39 is 0 Å². The van der Waals surface area contributed by atoms with Crippen LogP contribution in [0.15, 0.2) is 12.3 Å². The maximum absolute atomic E-state index is 6.40. The molecule has 0 aliphatic rings. The van der Waals surface area contributed by atoms with Crippen LogP contribution in [-0.2, 0) is 6.54 Å². The van der Waals surface area contributed by atoms with E-state index in [1.165, 1.54) is 15.3 Å². The molecule has 1 unspecified atom stereocenters. The highest BCUT2D eigenvalue weighted by Gasteiger charge is 2.22. The Labute approximate surface area is 135 Å². The van der Waals surface area contributed by atoms with E-state index in [1.54, 1.807) is 6.20 Å². The topological polar surface area (TPSA) is 33.1 Å². The first kappa shape index (κ1) is 16.5. The van der Waals surface area contributed by atoms with Crippen molar-refractivity contribution in [2.75, 3.05) is 27.7 Å². The molecule has 0 saturated heterocycles. The van der Waals surface area contributed by atoms with Gasteiger partial charge in [0.15, 0.2) is 0 Å². The molecule has 0 fully saturated rings. The van der Waals surface area contributed by atoms with Crippen molar-refractivity contribution in [3.8, 4) is 0 Å². The number of aromatic nitrogens is 2. The minimum Gasteiger partial charge on any atom is -0.308 e. The van der Waals surface area contributed by atoms with Crippen LogP contribution in [0.25, 0.3) is 0 Å². The van der Waals surface area contributed by atoms with Crippen molar-refractivity contribution < 1.29 is 0 Å². The summed E-state index contributed by atoms with van der Waals surface area (Å²) >= 11 is 8.21. The van der Waals surface area contributed by atoms with Gasteiger partial charge >= 0.3 is 0 Å². The molecule has 4 nitrogen and oxygen atoms in total. The summed E-state index contributed by atoms with van der Waals surface area (Å²) in [7, 11) is 6.09. The first-order chi connectivity index (χ1) is 9.93. The fraction of sp³-hybridized carbons (Fsp3) is 0.533. The van der Waals surface area contributed by atoms with Crippen molar-refractivity contribution in [1.82, 2.24) is 20.0 Å². The number of likely N-dealkylation sites (N-methyl/N-ethyl adjacent to an activating group) is 1. The molecular weight excluding hydrogens is 304 g/mol. The molecule has 0 amide bonds. The van der Waals surface area contributed by atoms with Crippen LogP contribution in [0, 0.1) is 13.8 Å².